The number of halogens is 2. The van der Waals surface area contributed by atoms with E-state index in [1.807, 2.05) is 11.8 Å². The van der Waals surface area contributed by atoms with Crippen LogP contribution in [0.5, 0.6) is 0 Å². The van der Waals surface area contributed by atoms with Crippen LogP contribution in [0.4, 0.5) is 20.2 Å². The van der Waals surface area contributed by atoms with E-state index in [0.717, 1.165) is 25.9 Å². The third kappa shape index (κ3) is 4.08. The van der Waals surface area contributed by atoms with Gasteiger partial charge in [0.25, 0.3) is 6.43 Å². The van der Waals surface area contributed by atoms with E-state index in [1.54, 1.807) is 12.1 Å². The zero-order chi connectivity index (χ0) is 14.4. The van der Waals surface area contributed by atoms with Gasteiger partial charge in [-0.1, -0.05) is 26.7 Å². The second kappa shape index (κ2) is 7.31. The molecule has 0 saturated heterocycles. The molecule has 0 aliphatic rings. The summed E-state index contributed by atoms with van der Waals surface area (Å²) in [6, 6.07) is 4.79. The van der Waals surface area contributed by atoms with Gasteiger partial charge in [-0.15, -0.1) is 0 Å². The molecule has 0 aliphatic heterocycles. The highest BCUT2D eigenvalue weighted by Crippen LogP contribution is 2.32. The Labute approximate surface area is 114 Å². The molecule has 0 saturated carbocycles. The van der Waals surface area contributed by atoms with Crippen molar-refractivity contribution in [3.05, 3.63) is 23.8 Å². The molecule has 0 fully saturated rings. The maximum absolute atomic E-state index is 13.1. The lowest BCUT2D eigenvalue weighted by Gasteiger charge is -2.29. The third-order valence-corrected chi connectivity index (χ3v) is 3.64. The van der Waals surface area contributed by atoms with E-state index in [9.17, 15) is 8.78 Å². The summed E-state index contributed by atoms with van der Waals surface area (Å²) in [5.74, 6) is 0.531. The van der Waals surface area contributed by atoms with E-state index in [0.29, 0.717) is 17.3 Å². The second-order valence-electron chi connectivity index (χ2n) is 4.84. The van der Waals surface area contributed by atoms with Crippen LogP contribution in [0.15, 0.2) is 18.2 Å². The number of hydrogen-bond donors (Lipinski definition) is 1. The maximum Gasteiger partial charge on any atom is 0.265 e. The van der Waals surface area contributed by atoms with E-state index in [1.165, 1.54) is 6.07 Å². The van der Waals surface area contributed by atoms with Crippen LogP contribution < -0.4 is 10.6 Å². The number of rotatable bonds is 7. The monoisotopic (exact) mass is 270 g/mol. The maximum atomic E-state index is 13.1. The Kier molecular flexibility index (Phi) is 6.06. The largest absolute Gasteiger partial charge is 0.399 e. The minimum Gasteiger partial charge on any atom is -0.399 e. The highest BCUT2D eigenvalue weighted by Gasteiger charge is 2.19. The number of hydrogen-bond acceptors (Lipinski definition) is 2. The average Bonchev–Trinajstić information content (AvgIpc) is 2.40. The molecule has 2 N–H and O–H groups in total. The van der Waals surface area contributed by atoms with Gasteiger partial charge in [0.2, 0.25) is 0 Å². The number of benzene rings is 1. The zero-order valence-electron chi connectivity index (χ0n) is 12.0. The van der Waals surface area contributed by atoms with Crippen molar-refractivity contribution in [3.8, 4) is 0 Å². The first-order chi connectivity index (χ1) is 9.03. The molecule has 0 radical (unpaired) electrons. The van der Waals surface area contributed by atoms with Gasteiger partial charge in [-0.25, -0.2) is 8.78 Å². The van der Waals surface area contributed by atoms with Crippen molar-refractivity contribution < 1.29 is 8.78 Å². The van der Waals surface area contributed by atoms with Crippen LogP contribution in [0.1, 0.15) is 45.6 Å². The number of alkyl halides is 2. The van der Waals surface area contributed by atoms with Crippen molar-refractivity contribution in [1.29, 1.82) is 0 Å². The average molecular weight is 270 g/mol. The van der Waals surface area contributed by atoms with Crippen molar-refractivity contribution in [1.82, 2.24) is 0 Å². The van der Waals surface area contributed by atoms with Crippen molar-refractivity contribution in [3.63, 3.8) is 0 Å². The number of nitrogen functional groups attached to an aromatic ring is 1. The fourth-order valence-corrected chi connectivity index (χ4v) is 2.29. The number of anilines is 2. The van der Waals surface area contributed by atoms with Crippen LogP contribution in [0, 0.1) is 5.92 Å². The van der Waals surface area contributed by atoms with E-state index in [-0.39, 0.29) is 5.56 Å². The molecule has 0 aliphatic carbocycles. The first-order valence-corrected chi connectivity index (χ1v) is 6.95. The minimum absolute atomic E-state index is 0.0350. The summed E-state index contributed by atoms with van der Waals surface area (Å²) < 4.78 is 26.2. The lowest BCUT2D eigenvalue weighted by atomic mass is 10.0. The Morgan fingerprint density at radius 3 is 2.26 bits per heavy atom. The fourth-order valence-electron chi connectivity index (χ4n) is 2.29. The van der Waals surface area contributed by atoms with Gasteiger partial charge in [-0.2, -0.15) is 0 Å². The molecule has 0 unspecified atom stereocenters. The predicted octanol–water partition coefficient (Wildman–Crippen LogP) is 4.47. The van der Waals surface area contributed by atoms with Gasteiger partial charge in [0, 0.05) is 30.0 Å². The molecule has 0 spiro atoms. The van der Waals surface area contributed by atoms with Gasteiger partial charge in [0.1, 0.15) is 0 Å². The molecule has 0 bridgehead atoms. The Morgan fingerprint density at radius 2 is 1.79 bits per heavy atom. The van der Waals surface area contributed by atoms with Gasteiger partial charge in [0.15, 0.2) is 0 Å². The summed E-state index contributed by atoms with van der Waals surface area (Å²) in [6.45, 7) is 7.80. The molecular weight excluding hydrogens is 246 g/mol. The van der Waals surface area contributed by atoms with Crippen LogP contribution in [0.3, 0.4) is 0 Å². The van der Waals surface area contributed by atoms with Crippen molar-refractivity contribution in [2.45, 2.75) is 40.0 Å². The Hall–Kier alpha value is -1.32. The Bertz CT molecular complexity index is 390. The van der Waals surface area contributed by atoms with Crippen LogP contribution in [-0.2, 0) is 0 Å². The Balaban J connectivity index is 3.03. The summed E-state index contributed by atoms with van der Waals surface area (Å²) >= 11 is 0. The molecule has 1 aromatic rings. The normalized spacial score (nSPS) is 11.3. The molecule has 1 rings (SSSR count). The molecule has 19 heavy (non-hydrogen) atoms. The van der Waals surface area contributed by atoms with E-state index >= 15 is 0 Å². The minimum atomic E-state index is -2.49. The molecular formula is C15H24F2N2. The lowest BCUT2D eigenvalue weighted by Crippen LogP contribution is -2.30. The van der Waals surface area contributed by atoms with Gasteiger partial charge in [0.05, 0.1) is 0 Å². The first kappa shape index (κ1) is 15.7. The van der Waals surface area contributed by atoms with Gasteiger partial charge >= 0.3 is 0 Å². The molecule has 108 valence electrons. The molecule has 0 aromatic heterocycles. The van der Waals surface area contributed by atoms with E-state index < -0.39 is 6.43 Å². The quantitative estimate of drug-likeness (QED) is 0.741. The van der Waals surface area contributed by atoms with Crippen LogP contribution in [0.25, 0.3) is 0 Å². The zero-order valence-corrected chi connectivity index (χ0v) is 12.0. The topological polar surface area (TPSA) is 29.3 Å². The van der Waals surface area contributed by atoms with E-state index in [4.69, 9.17) is 5.73 Å². The lowest BCUT2D eigenvalue weighted by molar-refractivity contribution is 0.152. The van der Waals surface area contributed by atoms with E-state index in [2.05, 4.69) is 13.8 Å². The smallest absolute Gasteiger partial charge is 0.265 e. The predicted molar refractivity (Wildman–Crippen MR) is 77.8 cm³/mol. The summed E-state index contributed by atoms with van der Waals surface area (Å²) in [4.78, 5) is 2.03. The standard InChI is InChI=1S/C15H24F2N2/c1-4-11(5-2)10-19(6-3)14-8-7-12(18)9-13(14)15(16)17/h7-9,11,15H,4-6,10,18H2,1-3H3. The van der Waals surface area contributed by atoms with Crippen LogP contribution in [0.2, 0.25) is 0 Å². The number of nitrogens with two attached hydrogens (primary N) is 1. The summed E-state index contributed by atoms with van der Waals surface area (Å²) in [6.07, 6.45) is -0.368. The van der Waals surface area contributed by atoms with Gasteiger partial charge in [-0.05, 0) is 31.0 Å². The number of nitrogens with zero attached hydrogens (tertiary/aromatic N) is 1. The van der Waals surface area contributed by atoms with Crippen molar-refractivity contribution in [2.24, 2.45) is 5.92 Å². The first-order valence-electron chi connectivity index (χ1n) is 6.95. The van der Waals surface area contributed by atoms with Crippen LogP contribution >= 0.6 is 0 Å². The molecule has 1 aromatic carbocycles. The van der Waals surface area contributed by atoms with Crippen LogP contribution in [-0.4, -0.2) is 13.1 Å². The summed E-state index contributed by atoms with van der Waals surface area (Å²) in [5, 5.41) is 0. The third-order valence-electron chi connectivity index (χ3n) is 3.64. The SMILES string of the molecule is CCC(CC)CN(CC)c1ccc(N)cc1C(F)F. The Morgan fingerprint density at radius 1 is 1.16 bits per heavy atom. The summed E-state index contributed by atoms with van der Waals surface area (Å²) in [7, 11) is 0. The van der Waals surface area contributed by atoms with Gasteiger partial charge < -0.3 is 10.6 Å². The molecule has 0 atom stereocenters. The molecule has 2 nitrogen and oxygen atoms in total. The highest BCUT2D eigenvalue weighted by molar-refractivity contribution is 5.60. The fraction of sp³-hybridized carbons (Fsp3) is 0.600. The highest BCUT2D eigenvalue weighted by atomic mass is 19.3. The summed E-state index contributed by atoms with van der Waals surface area (Å²) in [5.41, 5.74) is 6.64. The second-order valence-corrected chi connectivity index (χ2v) is 4.84. The van der Waals surface area contributed by atoms with Crippen molar-refractivity contribution >= 4 is 11.4 Å². The molecule has 0 heterocycles. The molecule has 4 heteroatoms. The van der Waals surface area contributed by atoms with Crippen molar-refractivity contribution in [2.75, 3.05) is 23.7 Å². The molecule has 0 amide bonds. The van der Waals surface area contributed by atoms with Gasteiger partial charge in [-0.3, -0.25) is 0 Å².